The fraction of sp³-hybridized carbons (Fsp3) is 0.125. The summed E-state index contributed by atoms with van der Waals surface area (Å²) in [5.41, 5.74) is 2.57. The molecule has 2 aromatic carbocycles. The quantitative estimate of drug-likeness (QED) is 0.771. The normalized spacial score (nSPS) is 10.9. The summed E-state index contributed by atoms with van der Waals surface area (Å²) >= 11 is 0. The zero-order valence-electron chi connectivity index (χ0n) is 11.2. The first-order valence-corrected chi connectivity index (χ1v) is 6.61. The van der Waals surface area contributed by atoms with Crippen molar-refractivity contribution >= 4 is 17.0 Å². The minimum Gasteiger partial charge on any atom is -0.508 e. The molecule has 0 fully saturated rings. The Bertz CT molecular complexity index is 791. The number of hydrogen-bond donors (Lipinski definition) is 2. The molecule has 3 rings (SSSR count). The lowest BCUT2D eigenvalue weighted by molar-refractivity contribution is -0.137. The summed E-state index contributed by atoms with van der Waals surface area (Å²) in [7, 11) is 0. The second-order valence-electron chi connectivity index (χ2n) is 4.77. The maximum absolute atomic E-state index is 10.9. The fourth-order valence-electron chi connectivity index (χ4n) is 2.34. The molecule has 106 valence electrons. The first kappa shape index (κ1) is 13.2. The number of phenols is 1. The van der Waals surface area contributed by atoms with E-state index in [1.54, 1.807) is 24.3 Å². The van der Waals surface area contributed by atoms with Crippen molar-refractivity contribution in [1.29, 1.82) is 0 Å². The van der Waals surface area contributed by atoms with Gasteiger partial charge in [0.2, 0.25) is 0 Å². The molecule has 5 nitrogen and oxygen atoms in total. The Morgan fingerprint density at radius 3 is 2.52 bits per heavy atom. The summed E-state index contributed by atoms with van der Waals surface area (Å²) < 4.78 is 1.90. The number of hydrogen-bond acceptors (Lipinski definition) is 3. The number of nitrogens with zero attached hydrogens (tertiary/aromatic N) is 2. The van der Waals surface area contributed by atoms with Gasteiger partial charge in [0.25, 0.3) is 0 Å². The van der Waals surface area contributed by atoms with Gasteiger partial charge in [-0.2, -0.15) is 0 Å². The lowest BCUT2D eigenvalue weighted by Gasteiger charge is -2.08. The van der Waals surface area contributed by atoms with E-state index in [1.165, 1.54) is 0 Å². The van der Waals surface area contributed by atoms with Crippen molar-refractivity contribution in [3.8, 4) is 17.1 Å². The molecule has 0 spiro atoms. The molecule has 0 saturated carbocycles. The smallest absolute Gasteiger partial charge is 0.305 e. The van der Waals surface area contributed by atoms with Crippen molar-refractivity contribution in [3.05, 3.63) is 48.5 Å². The fourth-order valence-corrected chi connectivity index (χ4v) is 2.34. The van der Waals surface area contributed by atoms with Crippen LogP contribution in [0.15, 0.2) is 48.5 Å². The summed E-state index contributed by atoms with van der Waals surface area (Å²) in [6.07, 6.45) is 0.0332. The molecule has 0 radical (unpaired) electrons. The van der Waals surface area contributed by atoms with E-state index in [0.29, 0.717) is 12.4 Å². The Morgan fingerprint density at radius 1 is 1.10 bits per heavy atom. The highest BCUT2D eigenvalue weighted by Gasteiger charge is 2.13. The van der Waals surface area contributed by atoms with Crippen LogP contribution in [0.1, 0.15) is 6.42 Å². The number of phenolic OH excluding ortho intramolecular Hbond substituents is 1. The predicted octanol–water partition coefficient (Wildman–Crippen LogP) is 2.88. The lowest BCUT2D eigenvalue weighted by Crippen LogP contribution is -2.06. The van der Waals surface area contributed by atoms with E-state index in [4.69, 9.17) is 5.11 Å². The molecule has 5 heteroatoms. The van der Waals surface area contributed by atoms with Crippen LogP contribution in [-0.4, -0.2) is 25.7 Å². The Kier molecular flexibility index (Phi) is 3.31. The van der Waals surface area contributed by atoms with Crippen molar-refractivity contribution in [1.82, 2.24) is 9.55 Å². The monoisotopic (exact) mass is 282 g/mol. The Balaban J connectivity index is 2.13. The SMILES string of the molecule is O=C(O)CCn1c(-c2ccc(O)cc2)nc2ccccc21. The molecular formula is C16H14N2O3. The van der Waals surface area contributed by atoms with Gasteiger partial charge in [0.05, 0.1) is 17.5 Å². The average molecular weight is 282 g/mol. The summed E-state index contributed by atoms with van der Waals surface area (Å²) in [5, 5.41) is 18.3. The number of carboxylic acids is 1. The Hall–Kier alpha value is -2.82. The number of aromatic nitrogens is 2. The van der Waals surface area contributed by atoms with Crippen LogP contribution in [0.2, 0.25) is 0 Å². The minimum absolute atomic E-state index is 0.0332. The van der Waals surface area contributed by atoms with Crippen molar-refractivity contribution in [2.75, 3.05) is 0 Å². The third kappa shape index (κ3) is 2.58. The zero-order valence-corrected chi connectivity index (χ0v) is 11.2. The summed E-state index contributed by atoms with van der Waals surface area (Å²) in [5.74, 6) is 0.0498. The number of imidazole rings is 1. The number of rotatable bonds is 4. The van der Waals surface area contributed by atoms with E-state index >= 15 is 0 Å². The molecule has 0 bridgehead atoms. The first-order chi connectivity index (χ1) is 10.1. The van der Waals surface area contributed by atoms with Crippen LogP contribution in [0.25, 0.3) is 22.4 Å². The highest BCUT2D eigenvalue weighted by molar-refractivity contribution is 5.81. The van der Waals surface area contributed by atoms with E-state index in [0.717, 1.165) is 16.6 Å². The largest absolute Gasteiger partial charge is 0.508 e. The molecule has 0 unspecified atom stereocenters. The standard InChI is InChI=1S/C16H14N2O3/c19-12-7-5-11(6-8-12)16-17-13-3-1-2-4-14(13)18(16)10-9-15(20)21/h1-8,19H,9-10H2,(H,20,21). The van der Waals surface area contributed by atoms with Gasteiger partial charge in [0.15, 0.2) is 0 Å². The van der Waals surface area contributed by atoms with E-state index in [1.807, 2.05) is 28.8 Å². The van der Waals surface area contributed by atoms with Gasteiger partial charge in [-0.15, -0.1) is 0 Å². The number of fused-ring (bicyclic) bond motifs is 1. The van der Waals surface area contributed by atoms with Gasteiger partial charge in [0.1, 0.15) is 11.6 Å². The molecule has 1 heterocycles. The van der Waals surface area contributed by atoms with Crippen molar-refractivity contribution in [3.63, 3.8) is 0 Å². The third-order valence-corrected chi connectivity index (χ3v) is 3.33. The summed E-state index contributed by atoms with van der Waals surface area (Å²) in [6, 6.07) is 14.4. The van der Waals surface area contributed by atoms with Crippen molar-refractivity contribution in [2.45, 2.75) is 13.0 Å². The third-order valence-electron chi connectivity index (χ3n) is 3.33. The molecule has 21 heavy (non-hydrogen) atoms. The van der Waals surface area contributed by atoms with Crippen LogP contribution in [0.5, 0.6) is 5.75 Å². The van der Waals surface area contributed by atoms with Crippen LogP contribution in [0.4, 0.5) is 0 Å². The number of aromatic hydroxyl groups is 1. The molecule has 0 aliphatic carbocycles. The molecule has 1 aromatic heterocycles. The minimum atomic E-state index is -0.843. The van der Waals surface area contributed by atoms with Crippen molar-refractivity contribution in [2.24, 2.45) is 0 Å². The van der Waals surface area contributed by atoms with Gasteiger partial charge in [-0.05, 0) is 36.4 Å². The molecule has 0 aliphatic heterocycles. The molecule has 3 aromatic rings. The molecule has 2 N–H and O–H groups in total. The van der Waals surface area contributed by atoms with Gasteiger partial charge >= 0.3 is 5.97 Å². The number of carboxylic acid groups (broad SMARTS) is 1. The first-order valence-electron chi connectivity index (χ1n) is 6.61. The number of carbonyl (C=O) groups is 1. The van der Waals surface area contributed by atoms with Crippen LogP contribution in [0.3, 0.4) is 0 Å². The predicted molar refractivity (Wildman–Crippen MR) is 79.1 cm³/mol. The second kappa shape index (κ2) is 5.28. The van der Waals surface area contributed by atoms with Gasteiger partial charge in [-0.3, -0.25) is 4.79 Å². The highest BCUT2D eigenvalue weighted by atomic mass is 16.4. The maximum Gasteiger partial charge on any atom is 0.305 e. The molecule has 0 atom stereocenters. The van der Waals surface area contributed by atoms with Crippen LogP contribution < -0.4 is 0 Å². The van der Waals surface area contributed by atoms with E-state index in [9.17, 15) is 9.90 Å². The van der Waals surface area contributed by atoms with Crippen LogP contribution in [-0.2, 0) is 11.3 Å². The second-order valence-corrected chi connectivity index (χ2v) is 4.77. The maximum atomic E-state index is 10.9. The molecule has 0 aliphatic rings. The molecular weight excluding hydrogens is 268 g/mol. The highest BCUT2D eigenvalue weighted by Crippen LogP contribution is 2.26. The van der Waals surface area contributed by atoms with Gasteiger partial charge in [-0.25, -0.2) is 4.98 Å². The van der Waals surface area contributed by atoms with E-state index < -0.39 is 5.97 Å². The Morgan fingerprint density at radius 2 is 1.81 bits per heavy atom. The topological polar surface area (TPSA) is 75.3 Å². The van der Waals surface area contributed by atoms with Crippen molar-refractivity contribution < 1.29 is 15.0 Å². The molecule has 0 saturated heterocycles. The van der Waals surface area contributed by atoms with Crippen LogP contribution in [0, 0.1) is 0 Å². The summed E-state index contributed by atoms with van der Waals surface area (Å²) in [6.45, 7) is 0.353. The number of para-hydroxylation sites is 2. The van der Waals surface area contributed by atoms with Gasteiger partial charge < -0.3 is 14.8 Å². The summed E-state index contributed by atoms with van der Waals surface area (Å²) in [4.78, 5) is 15.4. The van der Waals surface area contributed by atoms with Gasteiger partial charge in [-0.1, -0.05) is 12.1 Å². The van der Waals surface area contributed by atoms with Gasteiger partial charge in [0, 0.05) is 12.1 Å². The zero-order chi connectivity index (χ0) is 14.8. The molecule has 0 amide bonds. The van der Waals surface area contributed by atoms with E-state index in [-0.39, 0.29) is 12.2 Å². The lowest BCUT2D eigenvalue weighted by atomic mass is 10.2. The number of aryl methyl sites for hydroxylation is 1. The Labute approximate surface area is 121 Å². The van der Waals surface area contributed by atoms with E-state index in [2.05, 4.69) is 4.98 Å². The number of aliphatic carboxylic acids is 1. The number of benzene rings is 2. The van der Waals surface area contributed by atoms with Crippen LogP contribution >= 0.6 is 0 Å². The average Bonchev–Trinajstić information content (AvgIpc) is 2.84.